The summed E-state index contributed by atoms with van der Waals surface area (Å²) in [5.41, 5.74) is 2.18. The Morgan fingerprint density at radius 1 is 1.39 bits per heavy atom. The number of nitrogens with zero attached hydrogens (tertiary/aromatic N) is 1. The van der Waals surface area contributed by atoms with E-state index in [2.05, 4.69) is 5.32 Å². The molecule has 18 heavy (non-hydrogen) atoms. The molecule has 1 heterocycles. The average molecular weight is 250 g/mol. The third kappa shape index (κ3) is 2.73. The van der Waals surface area contributed by atoms with Crippen molar-refractivity contribution >= 4 is 11.8 Å². The quantitative estimate of drug-likeness (QED) is 0.648. The van der Waals surface area contributed by atoms with Gasteiger partial charge in [-0.15, -0.1) is 0 Å². The van der Waals surface area contributed by atoms with E-state index in [0.29, 0.717) is 11.1 Å². The van der Waals surface area contributed by atoms with Gasteiger partial charge in [-0.25, -0.2) is 4.39 Å². The van der Waals surface area contributed by atoms with Crippen LogP contribution in [0.3, 0.4) is 0 Å². The summed E-state index contributed by atoms with van der Waals surface area (Å²) in [6.45, 7) is 3.47. The highest BCUT2D eigenvalue weighted by Crippen LogP contribution is 2.26. The summed E-state index contributed by atoms with van der Waals surface area (Å²) < 4.78 is 13.4. The zero-order valence-corrected chi connectivity index (χ0v) is 10.2. The van der Waals surface area contributed by atoms with Crippen LogP contribution in [0.15, 0.2) is 17.7 Å². The molecule has 1 aliphatic heterocycles. The number of piperidine rings is 1. The predicted octanol–water partition coefficient (Wildman–Crippen LogP) is 2.81. The van der Waals surface area contributed by atoms with Crippen molar-refractivity contribution in [1.29, 1.82) is 0 Å². The van der Waals surface area contributed by atoms with Crippen LogP contribution in [0, 0.1) is 22.9 Å². The Hall–Kier alpha value is -1.75. The maximum atomic E-state index is 13.4. The fourth-order valence-electron chi connectivity index (χ4n) is 2.14. The van der Waals surface area contributed by atoms with E-state index in [1.165, 1.54) is 11.6 Å². The van der Waals surface area contributed by atoms with Crippen LogP contribution >= 0.6 is 0 Å². The molecule has 0 amide bonds. The number of hydrogen-bond donors (Lipinski definition) is 1. The summed E-state index contributed by atoms with van der Waals surface area (Å²) in [5, 5.41) is 14.1. The lowest BCUT2D eigenvalue weighted by Gasteiger charge is -2.15. The molecule has 0 aromatic heterocycles. The van der Waals surface area contributed by atoms with Crippen LogP contribution in [0.25, 0.3) is 6.08 Å². The first-order chi connectivity index (χ1) is 8.58. The van der Waals surface area contributed by atoms with Crippen molar-refractivity contribution in [2.45, 2.75) is 19.8 Å². The lowest BCUT2D eigenvalue weighted by molar-refractivity contribution is -0.385. The molecule has 0 bridgehead atoms. The number of nitro benzene ring substituents is 1. The molecular formula is C13H15FN2O2. The molecule has 0 unspecified atom stereocenters. The fraction of sp³-hybridized carbons (Fsp3) is 0.385. The van der Waals surface area contributed by atoms with Gasteiger partial charge in [0.05, 0.1) is 11.0 Å². The molecule has 1 N–H and O–H groups in total. The Kier molecular flexibility index (Phi) is 3.72. The van der Waals surface area contributed by atoms with Crippen molar-refractivity contribution in [2.75, 3.05) is 13.1 Å². The first kappa shape index (κ1) is 12.7. The van der Waals surface area contributed by atoms with Gasteiger partial charge in [-0.1, -0.05) is 11.6 Å². The molecule has 0 atom stereocenters. The summed E-state index contributed by atoms with van der Waals surface area (Å²) in [6.07, 6.45) is 3.69. The maximum Gasteiger partial charge on any atom is 0.275 e. The topological polar surface area (TPSA) is 55.2 Å². The highest BCUT2D eigenvalue weighted by molar-refractivity contribution is 5.62. The monoisotopic (exact) mass is 250 g/mol. The Labute approximate surface area is 105 Å². The van der Waals surface area contributed by atoms with Gasteiger partial charge >= 0.3 is 0 Å². The molecule has 4 nitrogen and oxygen atoms in total. The number of nitro groups is 1. The van der Waals surface area contributed by atoms with Crippen LogP contribution in [0.4, 0.5) is 10.1 Å². The van der Waals surface area contributed by atoms with Gasteiger partial charge in [0.1, 0.15) is 5.82 Å². The summed E-state index contributed by atoms with van der Waals surface area (Å²) >= 11 is 0. The normalized spacial score (nSPS) is 15.6. The second kappa shape index (κ2) is 5.27. The molecule has 0 radical (unpaired) electrons. The smallest absolute Gasteiger partial charge is 0.275 e. The Balaban J connectivity index is 2.40. The van der Waals surface area contributed by atoms with E-state index in [0.717, 1.165) is 32.0 Å². The highest BCUT2D eigenvalue weighted by Gasteiger charge is 2.16. The van der Waals surface area contributed by atoms with Gasteiger partial charge in [0.2, 0.25) is 0 Å². The van der Waals surface area contributed by atoms with Crippen molar-refractivity contribution in [3.63, 3.8) is 0 Å². The molecule has 5 heteroatoms. The van der Waals surface area contributed by atoms with E-state index < -0.39 is 10.7 Å². The lowest BCUT2D eigenvalue weighted by Crippen LogP contribution is -2.22. The van der Waals surface area contributed by atoms with Gasteiger partial charge in [-0.3, -0.25) is 10.1 Å². The predicted molar refractivity (Wildman–Crippen MR) is 67.9 cm³/mol. The van der Waals surface area contributed by atoms with Gasteiger partial charge in [0.15, 0.2) is 0 Å². The molecule has 1 fully saturated rings. The van der Waals surface area contributed by atoms with Crippen LogP contribution in [0.1, 0.15) is 24.0 Å². The largest absolute Gasteiger partial charge is 0.316 e. The molecule has 0 saturated carbocycles. The third-order valence-electron chi connectivity index (χ3n) is 3.19. The number of benzene rings is 1. The highest BCUT2D eigenvalue weighted by atomic mass is 19.1. The van der Waals surface area contributed by atoms with E-state index in [-0.39, 0.29) is 5.69 Å². The molecule has 1 aromatic carbocycles. The minimum atomic E-state index is -0.562. The van der Waals surface area contributed by atoms with E-state index in [4.69, 9.17) is 0 Å². The fourth-order valence-corrected chi connectivity index (χ4v) is 2.14. The zero-order chi connectivity index (χ0) is 13.1. The summed E-state index contributed by atoms with van der Waals surface area (Å²) in [5.74, 6) is -0.562. The van der Waals surface area contributed by atoms with E-state index in [9.17, 15) is 14.5 Å². The Bertz CT molecular complexity index is 504. The molecule has 96 valence electrons. The standard InChI is InChI=1S/C13H15FN2O2/c1-9-11(6-10-2-4-15-5-3-10)7-12(14)8-13(9)16(17)18/h6-8,15H,2-5H2,1H3. The van der Waals surface area contributed by atoms with Crippen molar-refractivity contribution in [1.82, 2.24) is 5.32 Å². The molecule has 1 saturated heterocycles. The average Bonchev–Trinajstić information content (AvgIpc) is 2.34. The van der Waals surface area contributed by atoms with Crippen molar-refractivity contribution in [3.8, 4) is 0 Å². The lowest BCUT2D eigenvalue weighted by atomic mass is 9.99. The van der Waals surface area contributed by atoms with Gasteiger partial charge in [-0.05, 0) is 44.5 Å². The minimum Gasteiger partial charge on any atom is -0.316 e. The number of rotatable bonds is 2. The molecule has 0 aliphatic carbocycles. The van der Waals surface area contributed by atoms with Gasteiger partial charge in [0.25, 0.3) is 5.69 Å². The molecular weight excluding hydrogens is 235 g/mol. The van der Waals surface area contributed by atoms with Crippen LogP contribution in [-0.4, -0.2) is 18.0 Å². The third-order valence-corrected chi connectivity index (χ3v) is 3.19. The minimum absolute atomic E-state index is 0.157. The zero-order valence-electron chi connectivity index (χ0n) is 10.2. The Morgan fingerprint density at radius 2 is 2.06 bits per heavy atom. The molecule has 1 aliphatic rings. The summed E-state index contributed by atoms with van der Waals surface area (Å²) in [6, 6.07) is 2.33. The first-order valence-corrected chi connectivity index (χ1v) is 5.92. The number of hydrogen-bond acceptors (Lipinski definition) is 3. The van der Waals surface area contributed by atoms with Crippen molar-refractivity contribution in [3.05, 3.63) is 44.8 Å². The van der Waals surface area contributed by atoms with Gasteiger partial charge in [0, 0.05) is 5.56 Å². The van der Waals surface area contributed by atoms with E-state index in [1.54, 1.807) is 6.92 Å². The van der Waals surface area contributed by atoms with Crippen LogP contribution in [-0.2, 0) is 0 Å². The second-order valence-electron chi connectivity index (χ2n) is 4.45. The number of halogens is 1. The van der Waals surface area contributed by atoms with Crippen molar-refractivity contribution in [2.24, 2.45) is 0 Å². The number of nitrogens with one attached hydrogen (secondary N) is 1. The van der Waals surface area contributed by atoms with Crippen molar-refractivity contribution < 1.29 is 9.31 Å². The van der Waals surface area contributed by atoms with Gasteiger partial charge in [-0.2, -0.15) is 0 Å². The van der Waals surface area contributed by atoms with Crippen LogP contribution in [0.5, 0.6) is 0 Å². The summed E-state index contributed by atoms with van der Waals surface area (Å²) in [4.78, 5) is 10.3. The van der Waals surface area contributed by atoms with E-state index >= 15 is 0 Å². The first-order valence-electron chi connectivity index (χ1n) is 5.92. The molecule has 2 rings (SSSR count). The molecule has 0 spiro atoms. The SMILES string of the molecule is Cc1c(C=C2CCNCC2)cc(F)cc1[N+](=O)[O-]. The second-order valence-corrected chi connectivity index (χ2v) is 4.45. The van der Waals surface area contributed by atoms with Crippen LogP contribution < -0.4 is 5.32 Å². The molecule has 1 aromatic rings. The van der Waals surface area contributed by atoms with E-state index in [1.807, 2.05) is 6.08 Å². The Morgan fingerprint density at radius 3 is 2.67 bits per heavy atom. The maximum absolute atomic E-state index is 13.4. The summed E-state index contributed by atoms with van der Waals surface area (Å²) in [7, 11) is 0. The van der Waals surface area contributed by atoms with Gasteiger partial charge < -0.3 is 5.32 Å². The van der Waals surface area contributed by atoms with Crippen LogP contribution in [0.2, 0.25) is 0 Å².